The molecule has 0 aliphatic carbocycles. The first-order valence-electron chi connectivity index (χ1n) is 24.1. The number of hydrogen-bond donors (Lipinski definition) is 1. The van der Waals surface area contributed by atoms with E-state index in [2.05, 4.69) is 38.2 Å². The van der Waals surface area contributed by atoms with Gasteiger partial charge in [-0.15, -0.1) is 0 Å². The molecule has 1 N–H and O–H groups in total. The van der Waals surface area contributed by atoms with Gasteiger partial charge in [0, 0.05) is 12.8 Å². The van der Waals surface area contributed by atoms with Crippen LogP contribution in [0.3, 0.4) is 0 Å². The number of phosphoric ester groups is 1. The maximum absolute atomic E-state index is 12.6. The molecule has 57 heavy (non-hydrogen) atoms. The van der Waals surface area contributed by atoms with Crippen molar-refractivity contribution < 1.29 is 37.6 Å². The van der Waals surface area contributed by atoms with E-state index >= 15 is 0 Å². The highest BCUT2D eigenvalue weighted by Crippen LogP contribution is 2.43. The van der Waals surface area contributed by atoms with Crippen LogP contribution in [0, 0.1) is 0 Å². The van der Waals surface area contributed by atoms with Crippen LogP contribution in [0.15, 0.2) is 24.3 Å². The Morgan fingerprint density at radius 1 is 0.456 bits per heavy atom. The number of unbranched alkanes of at least 4 members (excludes halogenated alkanes) is 29. The number of carbonyl (C=O) groups excluding carboxylic acids is 2. The highest BCUT2D eigenvalue weighted by atomic mass is 31.2. The first kappa shape index (κ1) is 55.5. The second-order valence-corrected chi connectivity index (χ2v) is 17.6. The maximum Gasteiger partial charge on any atom is 0.472 e. The van der Waals surface area contributed by atoms with Crippen molar-refractivity contribution in [1.82, 2.24) is 0 Å². The summed E-state index contributed by atoms with van der Waals surface area (Å²) in [4.78, 5) is 34.9. The van der Waals surface area contributed by atoms with Gasteiger partial charge in [0.25, 0.3) is 0 Å². The number of esters is 2. The fourth-order valence-corrected chi connectivity index (χ4v) is 7.67. The lowest BCUT2D eigenvalue weighted by molar-refractivity contribution is -0.161. The van der Waals surface area contributed by atoms with Crippen LogP contribution >= 0.6 is 7.82 Å². The quantitative estimate of drug-likeness (QED) is 0.0280. The van der Waals surface area contributed by atoms with Gasteiger partial charge < -0.3 is 14.4 Å². The summed E-state index contributed by atoms with van der Waals surface area (Å²) in [6.07, 6.45) is 49.5. The van der Waals surface area contributed by atoms with Crippen LogP contribution in [0.5, 0.6) is 0 Å². The molecule has 0 spiro atoms. The molecule has 0 aromatic carbocycles. The summed E-state index contributed by atoms with van der Waals surface area (Å²) in [7, 11) is -4.28. The highest BCUT2D eigenvalue weighted by Gasteiger charge is 2.25. The lowest BCUT2D eigenvalue weighted by Crippen LogP contribution is -2.29. The summed E-state index contributed by atoms with van der Waals surface area (Å²) in [5.74, 6) is -0.795. The van der Waals surface area contributed by atoms with Gasteiger partial charge in [0.1, 0.15) is 6.61 Å². The predicted molar refractivity (Wildman–Crippen MR) is 239 cm³/mol. The molecule has 0 rings (SSSR count). The van der Waals surface area contributed by atoms with Crippen LogP contribution in [0.4, 0.5) is 0 Å². The molecule has 0 aromatic heterocycles. The summed E-state index contributed by atoms with van der Waals surface area (Å²) in [6, 6.07) is 0. The van der Waals surface area contributed by atoms with Crippen molar-refractivity contribution in [2.75, 3.05) is 19.8 Å². The lowest BCUT2D eigenvalue weighted by Gasteiger charge is -2.19. The van der Waals surface area contributed by atoms with Gasteiger partial charge in [0.15, 0.2) is 6.10 Å². The zero-order valence-electron chi connectivity index (χ0n) is 37.5. The first-order valence-corrected chi connectivity index (χ1v) is 25.6. The molecule has 0 saturated carbocycles. The normalized spacial score (nSPS) is 13.4. The molecule has 2 atom stereocenters. The molecule has 0 radical (unpaired) electrons. The third-order valence-corrected chi connectivity index (χ3v) is 11.5. The van der Waals surface area contributed by atoms with Gasteiger partial charge in [-0.25, -0.2) is 4.57 Å². The van der Waals surface area contributed by atoms with Gasteiger partial charge in [-0.2, -0.15) is 0 Å². The topological polar surface area (TPSA) is 108 Å². The molecule has 0 heterocycles. The molecule has 0 saturated heterocycles. The van der Waals surface area contributed by atoms with Crippen molar-refractivity contribution in [2.24, 2.45) is 0 Å². The molecule has 0 aliphatic rings. The Morgan fingerprint density at radius 3 is 1.16 bits per heavy atom. The van der Waals surface area contributed by atoms with Crippen molar-refractivity contribution in [3.63, 3.8) is 0 Å². The molecule has 0 bridgehead atoms. The average Bonchev–Trinajstić information content (AvgIpc) is 3.19. The van der Waals surface area contributed by atoms with Crippen molar-refractivity contribution in [1.29, 1.82) is 0 Å². The molecule has 336 valence electrons. The fraction of sp³-hybridized carbons (Fsp3) is 0.875. The molecule has 0 fully saturated rings. The van der Waals surface area contributed by atoms with E-state index in [4.69, 9.17) is 18.5 Å². The van der Waals surface area contributed by atoms with E-state index in [1.807, 2.05) is 0 Å². The van der Waals surface area contributed by atoms with E-state index in [0.717, 1.165) is 32.1 Å². The zero-order chi connectivity index (χ0) is 41.8. The minimum absolute atomic E-state index is 0.000953. The Bertz CT molecular complexity index is 983. The minimum atomic E-state index is -4.28. The van der Waals surface area contributed by atoms with Crippen molar-refractivity contribution in [3.05, 3.63) is 24.3 Å². The van der Waals surface area contributed by atoms with Crippen molar-refractivity contribution in [2.45, 2.75) is 252 Å². The van der Waals surface area contributed by atoms with E-state index < -0.39 is 26.5 Å². The van der Waals surface area contributed by atoms with Gasteiger partial charge >= 0.3 is 19.8 Å². The zero-order valence-corrected chi connectivity index (χ0v) is 38.4. The van der Waals surface area contributed by atoms with Gasteiger partial charge in [-0.3, -0.25) is 18.6 Å². The Morgan fingerprint density at radius 2 is 0.789 bits per heavy atom. The van der Waals surface area contributed by atoms with E-state index in [1.165, 1.54) is 173 Å². The SMILES string of the molecule is CCCCCCCC/C=C\CCCCCCCCCCCC(=O)OC(COC(=O)CCCCCCCCC/C=C\CCCCCCCCC)COP(=O)(O)OCC. The van der Waals surface area contributed by atoms with Gasteiger partial charge in [0.2, 0.25) is 0 Å². The number of allylic oxidation sites excluding steroid dienone is 4. The average molecular weight is 827 g/mol. The van der Waals surface area contributed by atoms with Crippen LogP contribution < -0.4 is 0 Å². The number of carbonyl (C=O) groups is 2. The maximum atomic E-state index is 12.6. The summed E-state index contributed by atoms with van der Waals surface area (Å²) in [5, 5.41) is 0. The number of rotatable bonds is 45. The summed E-state index contributed by atoms with van der Waals surface area (Å²) < 4.78 is 32.7. The standard InChI is InChI=1S/C48H91O8P/c1-4-7-9-11-13-15-17-19-21-23-25-27-29-31-33-35-37-39-41-43-48(50)56-46(45-55-57(51,52)54-6-3)44-53-47(49)42-40-38-36-34-32-30-28-26-24-22-20-18-16-14-12-10-8-5-2/h19,21-22,24,46H,4-18,20,23,25-45H2,1-3H3,(H,51,52)/b21-19-,24-22-. The third-order valence-electron chi connectivity index (χ3n) is 10.5. The van der Waals surface area contributed by atoms with Gasteiger partial charge in [0.05, 0.1) is 13.2 Å². The molecule has 0 aliphatic heterocycles. The van der Waals surface area contributed by atoms with Crippen LogP contribution in [0.25, 0.3) is 0 Å². The monoisotopic (exact) mass is 827 g/mol. The van der Waals surface area contributed by atoms with Gasteiger partial charge in [-0.05, 0) is 71.1 Å². The fourth-order valence-electron chi connectivity index (χ4n) is 6.91. The second kappa shape index (κ2) is 44.1. The third kappa shape index (κ3) is 43.9. The molecule has 8 nitrogen and oxygen atoms in total. The highest BCUT2D eigenvalue weighted by molar-refractivity contribution is 7.47. The Balaban J connectivity index is 4.01. The molecular formula is C48H91O8P. The van der Waals surface area contributed by atoms with E-state index in [-0.39, 0.29) is 25.6 Å². The Hall–Kier alpha value is -1.47. The van der Waals surface area contributed by atoms with Crippen LogP contribution in [0.2, 0.25) is 0 Å². The molecule has 0 amide bonds. The Labute approximate surface area is 352 Å². The van der Waals surface area contributed by atoms with Crippen molar-refractivity contribution in [3.8, 4) is 0 Å². The van der Waals surface area contributed by atoms with E-state index in [0.29, 0.717) is 12.8 Å². The molecule has 9 heteroatoms. The molecule has 0 aromatic rings. The predicted octanol–water partition coefficient (Wildman–Crippen LogP) is 15.4. The Kier molecular flexibility index (Phi) is 43.0. The van der Waals surface area contributed by atoms with Crippen molar-refractivity contribution >= 4 is 19.8 Å². The summed E-state index contributed by atoms with van der Waals surface area (Å²) in [5.41, 5.74) is 0. The summed E-state index contributed by atoms with van der Waals surface area (Å²) >= 11 is 0. The second-order valence-electron chi connectivity index (χ2n) is 16.1. The molecular weight excluding hydrogens is 735 g/mol. The minimum Gasteiger partial charge on any atom is -0.462 e. The van der Waals surface area contributed by atoms with Gasteiger partial charge in [-0.1, -0.05) is 186 Å². The summed E-state index contributed by atoms with van der Waals surface area (Å²) in [6.45, 7) is 5.50. The number of hydrogen-bond acceptors (Lipinski definition) is 7. The van der Waals surface area contributed by atoms with Crippen LogP contribution in [0.1, 0.15) is 245 Å². The van der Waals surface area contributed by atoms with E-state index in [9.17, 15) is 19.0 Å². The van der Waals surface area contributed by atoms with Crippen LogP contribution in [-0.4, -0.2) is 42.8 Å². The van der Waals surface area contributed by atoms with Crippen LogP contribution in [-0.2, 0) is 32.7 Å². The lowest BCUT2D eigenvalue weighted by atomic mass is 10.1. The smallest absolute Gasteiger partial charge is 0.462 e. The largest absolute Gasteiger partial charge is 0.472 e. The van der Waals surface area contributed by atoms with E-state index in [1.54, 1.807) is 6.92 Å². The number of phosphoric acid groups is 1. The first-order chi connectivity index (χ1) is 27.8. The molecule has 2 unspecified atom stereocenters. The number of ether oxygens (including phenoxy) is 2.